The van der Waals surface area contributed by atoms with Crippen LogP contribution in [0.15, 0.2) is 60.8 Å². The lowest BCUT2D eigenvalue weighted by molar-refractivity contribution is -0.130. The van der Waals surface area contributed by atoms with E-state index in [0.717, 1.165) is 22.4 Å². The van der Waals surface area contributed by atoms with Gasteiger partial charge < -0.3 is 15.0 Å². The van der Waals surface area contributed by atoms with E-state index in [2.05, 4.69) is 39.8 Å². The van der Waals surface area contributed by atoms with Crippen LogP contribution in [0.25, 0.3) is 11.1 Å². The predicted octanol–water partition coefficient (Wildman–Crippen LogP) is 3.30. The molecule has 2 heterocycles. The number of para-hydroxylation sites is 1. The van der Waals surface area contributed by atoms with Crippen molar-refractivity contribution < 1.29 is 14.3 Å². The lowest BCUT2D eigenvalue weighted by Crippen LogP contribution is -2.45. The first-order valence-electron chi connectivity index (χ1n) is 10.9. The van der Waals surface area contributed by atoms with Crippen molar-refractivity contribution in [3.8, 4) is 16.9 Å². The smallest absolute Gasteiger partial charge is 0.271 e. The Morgan fingerprint density at radius 3 is 2.62 bits per heavy atom. The zero-order valence-electron chi connectivity index (χ0n) is 18.4. The topological polar surface area (TPSA) is 87.3 Å². The summed E-state index contributed by atoms with van der Waals surface area (Å²) in [6, 6.07) is 17.8. The lowest BCUT2D eigenvalue weighted by Gasteiger charge is -2.28. The number of hydrogen-bond acceptors (Lipinski definition) is 4. The van der Waals surface area contributed by atoms with Gasteiger partial charge in [-0.15, -0.1) is 0 Å². The third-order valence-corrected chi connectivity index (χ3v) is 6.11. The third kappa shape index (κ3) is 4.23. The number of likely N-dealkylation sites (tertiary alicyclic amines) is 1. The molecule has 2 amide bonds. The highest BCUT2D eigenvalue weighted by atomic mass is 16.5. The van der Waals surface area contributed by atoms with Gasteiger partial charge in [-0.3, -0.25) is 14.7 Å². The molecule has 1 aliphatic heterocycles. The van der Waals surface area contributed by atoms with Gasteiger partial charge in [0, 0.05) is 31.4 Å². The number of carbonyl (C=O) groups excluding carboxylic acids is 2. The van der Waals surface area contributed by atoms with Crippen LogP contribution in [-0.4, -0.2) is 53.7 Å². The van der Waals surface area contributed by atoms with Crippen LogP contribution in [0.2, 0.25) is 0 Å². The van der Waals surface area contributed by atoms with Gasteiger partial charge in [0.15, 0.2) is 0 Å². The second-order valence-electron chi connectivity index (χ2n) is 8.16. The fraction of sp³-hybridized carbons (Fsp3) is 0.320. The SMILES string of the molecule is CCNC(=O)[C@@]1(Cc2ccc(-c3ccccc3OC)cc2)CCN(C(=O)c2ccn[nH]2)C1. The van der Waals surface area contributed by atoms with E-state index in [-0.39, 0.29) is 11.8 Å². The van der Waals surface area contributed by atoms with E-state index in [0.29, 0.717) is 38.2 Å². The number of ether oxygens (including phenoxy) is 1. The van der Waals surface area contributed by atoms with Gasteiger partial charge >= 0.3 is 0 Å². The first-order chi connectivity index (χ1) is 15.6. The largest absolute Gasteiger partial charge is 0.496 e. The number of aromatic nitrogens is 2. The van der Waals surface area contributed by atoms with Gasteiger partial charge in [-0.1, -0.05) is 42.5 Å². The van der Waals surface area contributed by atoms with Crippen LogP contribution in [-0.2, 0) is 11.2 Å². The van der Waals surface area contributed by atoms with Crippen molar-refractivity contribution in [2.45, 2.75) is 19.8 Å². The van der Waals surface area contributed by atoms with E-state index in [4.69, 9.17) is 4.74 Å². The molecule has 32 heavy (non-hydrogen) atoms. The number of carbonyl (C=O) groups is 2. The fourth-order valence-corrected chi connectivity index (χ4v) is 4.43. The number of nitrogens with one attached hydrogen (secondary N) is 2. The van der Waals surface area contributed by atoms with Gasteiger partial charge in [0.25, 0.3) is 5.91 Å². The molecule has 0 bridgehead atoms. The standard InChI is InChI=1S/C25H28N4O3/c1-3-26-24(31)25(13-15-29(17-25)23(30)21-12-14-27-28-21)16-18-8-10-19(11-9-18)20-6-4-5-7-22(20)32-2/h4-12,14H,3,13,15-17H2,1-2H3,(H,26,31)(H,27,28)/t25-/m1/s1. The van der Waals surface area contributed by atoms with E-state index in [1.54, 1.807) is 24.3 Å². The second kappa shape index (κ2) is 9.26. The van der Waals surface area contributed by atoms with E-state index in [1.807, 2.05) is 31.2 Å². The molecule has 0 unspecified atom stereocenters. The highest BCUT2D eigenvalue weighted by Gasteiger charge is 2.46. The summed E-state index contributed by atoms with van der Waals surface area (Å²) in [7, 11) is 1.67. The second-order valence-corrected chi connectivity index (χ2v) is 8.16. The van der Waals surface area contributed by atoms with Crippen molar-refractivity contribution in [2.75, 3.05) is 26.7 Å². The molecule has 0 saturated carbocycles. The molecule has 2 aromatic carbocycles. The first-order valence-corrected chi connectivity index (χ1v) is 10.9. The van der Waals surface area contributed by atoms with Crippen LogP contribution < -0.4 is 10.1 Å². The monoisotopic (exact) mass is 432 g/mol. The average molecular weight is 433 g/mol. The van der Waals surface area contributed by atoms with Crippen LogP contribution in [0.1, 0.15) is 29.4 Å². The summed E-state index contributed by atoms with van der Waals surface area (Å²) in [6.45, 7) is 3.39. The minimum Gasteiger partial charge on any atom is -0.496 e. The van der Waals surface area contributed by atoms with Crippen LogP contribution in [0.3, 0.4) is 0 Å². The molecule has 166 valence electrons. The van der Waals surface area contributed by atoms with E-state index in [1.165, 1.54) is 0 Å². The Labute approximate surface area is 187 Å². The number of amides is 2. The zero-order valence-corrected chi connectivity index (χ0v) is 18.4. The van der Waals surface area contributed by atoms with Gasteiger partial charge in [0.2, 0.25) is 5.91 Å². The maximum Gasteiger partial charge on any atom is 0.271 e. The van der Waals surface area contributed by atoms with Crippen molar-refractivity contribution in [2.24, 2.45) is 5.41 Å². The molecular formula is C25H28N4O3. The van der Waals surface area contributed by atoms with E-state index in [9.17, 15) is 9.59 Å². The van der Waals surface area contributed by atoms with E-state index < -0.39 is 5.41 Å². The van der Waals surface area contributed by atoms with Gasteiger partial charge in [-0.2, -0.15) is 5.10 Å². The number of hydrogen-bond donors (Lipinski definition) is 2. The summed E-state index contributed by atoms with van der Waals surface area (Å²) < 4.78 is 5.48. The molecular weight excluding hydrogens is 404 g/mol. The third-order valence-electron chi connectivity index (χ3n) is 6.11. The van der Waals surface area contributed by atoms with Crippen LogP contribution >= 0.6 is 0 Å². The fourth-order valence-electron chi connectivity index (χ4n) is 4.43. The number of methoxy groups -OCH3 is 1. The highest BCUT2D eigenvalue weighted by molar-refractivity contribution is 5.93. The van der Waals surface area contributed by atoms with E-state index >= 15 is 0 Å². The van der Waals surface area contributed by atoms with Gasteiger partial charge in [-0.05, 0) is 43.0 Å². The minimum absolute atomic E-state index is 0.00582. The molecule has 2 N–H and O–H groups in total. The molecule has 1 aromatic heterocycles. The number of H-pyrrole nitrogens is 1. The van der Waals surface area contributed by atoms with Crippen molar-refractivity contribution in [3.63, 3.8) is 0 Å². The van der Waals surface area contributed by atoms with Crippen molar-refractivity contribution in [1.82, 2.24) is 20.4 Å². The summed E-state index contributed by atoms with van der Waals surface area (Å²) >= 11 is 0. The molecule has 7 nitrogen and oxygen atoms in total. The first kappa shape index (κ1) is 21.6. The summed E-state index contributed by atoms with van der Waals surface area (Å²) in [5.74, 6) is 0.691. The number of aromatic amines is 1. The molecule has 1 atom stereocenters. The number of benzene rings is 2. The van der Waals surface area contributed by atoms with Gasteiger partial charge in [0.05, 0.1) is 12.5 Å². The molecule has 7 heteroatoms. The Bertz CT molecular complexity index is 1080. The van der Waals surface area contributed by atoms with Crippen LogP contribution in [0, 0.1) is 5.41 Å². The Balaban J connectivity index is 1.56. The quantitative estimate of drug-likeness (QED) is 0.600. The molecule has 1 saturated heterocycles. The molecule has 4 rings (SSSR count). The molecule has 3 aromatic rings. The van der Waals surface area contributed by atoms with Crippen molar-refractivity contribution in [1.29, 1.82) is 0 Å². The Morgan fingerprint density at radius 2 is 1.94 bits per heavy atom. The van der Waals surface area contributed by atoms with Crippen molar-refractivity contribution >= 4 is 11.8 Å². The van der Waals surface area contributed by atoms with Crippen LogP contribution in [0.5, 0.6) is 5.75 Å². The zero-order chi connectivity index (χ0) is 22.6. The average Bonchev–Trinajstić information content (AvgIpc) is 3.51. The maximum absolute atomic E-state index is 13.1. The summed E-state index contributed by atoms with van der Waals surface area (Å²) in [4.78, 5) is 27.7. The highest BCUT2D eigenvalue weighted by Crippen LogP contribution is 2.36. The number of nitrogens with zero attached hydrogens (tertiary/aromatic N) is 2. The predicted molar refractivity (Wildman–Crippen MR) is 122 cm³/mol. The van der Waals surface area contributed by atoms with Crippen LogP contribution in [0.4, 0.5) is 0 Å². The summed E-state index contributed by atoms with van der Waals surface area (Å²) in [5.41, 5.74) is 2.93. The molecule has 0 spiro atoms. The number of rotatable bonds is 7. The van der Waals surface area contributed by atoms with Gasteiger partial charge in [0.1, 0.15) is 11.4 Å². The summed E-state index contributed by atoms with van der Waals surface area (Å²) in [6.07, 6.45) is 2.74. The Kier molecular flexibility index (Phi) is 6.25. The molecule has 0 radical (unpaired) electrons. The molecule has 1 fully saturated rings. The Hall–Kier alpha value is -3.61. The van der Waals surface area contributed by atoms with Crippen molar-refractivity contribution in [3.05, 3.63) is 72.1 Å². The lowest BCUT2D eigenvalue weighted by atomic mass is 9.79. The minimum atomic E-state index is -0.655. The molecule has 1 aliphatic rings. The normalized spacial score (nSPS) is 17.9. The molecule has 0 aliphatic carbocycles. The van der Waals surface area contributed by atoms with Gasteiger partial charge in [-0.25, -0.2) is 0 Å². The maximum atomic E-state index is 13.1. The Morgan fingerprint density at radius 1 is 1.16 bits per heavy atom. The summed E-state index contributed by atoms with van der Waals surface area (Å²) in [5, 5.41) is 9.57.